The Hall–Kier alpha value is -2.14. The third kappa shape index (κ3) is 1.52. The fourth-order valence-electron chi connectivity index (χ4n) is 2.10. The number of hydrogen-bond acceptors (Lipinski definition) is 3. The summed E-state index contributed by atoms with van der Waals surface area (Å²) in [6, 6.07) is 7.44. The van der Waals surface area contributed by atoms with Crippen LogP contribution < -0.4 is 10.6 Å². The van der Waals surface area contributed by atoms with E-state index in [1.807, 2.05) is 30.5 Å². The van der Waals surface area contributed by atoms with E-state index in [-0.39, 0.29) is 11.9 Å². The van der Waals surface area contributed by atoms with Crippen LogP contribution in [0.2, 0.25) is 0 Å². The van der Waals surface area contributed by atoms with Gasteiger partial charge in [-0.15, -0.1) is 0 Å². The topological polar surface area (TPSA) is 59.0 Å². The van der Waals surface area contributed by atoms with Gasteiger partial charge >= 0.3 is 0 Å². The predicted octanol–water partition coefficient (Wildman–Crippen LogP) is 1.08. The first-order valence-electron chi connectivity index (χ1n) is 5.41. The molecule has 1 unspecified atom stereocenters. The molecule has 1 aliphatic heterocycles. The Morgan fingerprint density at radius 2 is 2.35 bits per heavy atom. The van der Waals surface area contributed by atoms with Gasteiger partial charge in [0.2, 0.25) is 5.91 Å². The average Bonchev–Trinajstić information content (AvgIpc) is 2.93. The smallest absolute Gasteiger partial charge is 0.246 e. The molecule has 1 amide bonds. The van der Waals surface area contributed by atoms with E-state index in [9.17, 15) is 4.79 Å². The summed E-state index contributed by atoms with van der Waals surface area (Å²) in [5, 5.41) is 10.0. The molecule has 5 heteroatoms. The van der Waals surface area contributed by atoms with Gasteiger partial charge in [-0.25, -0.2) is 4.68 Å². The maximum atomic E-state index is 11.7. The Balaban J connectivity index is 2.05. The highest BCUT2D eigenvalue weighted by molar-refractivity contribution is 6.02. The number of carbonyl (C=O) groups is 1. The minimum Gasteiger partial charge on any atom is -0.324 e. The highest BCUT2D eigenvalue weighted by Gasteiger charge is 2.29. The number of amides is 1. The zero-order valence-electron chi connectivity index (χ0n) is 9.34. The van der Waals surface area contributed by atoms with Gasteiger partial charge in [0, 0.05) is 23.6 Å². The van der Waals surface area contributed by atoms with E-state index in [1.54, 1.807) is 17.9 Å². The molecule has 1 aromatic heterocycles. The van der Waals surface area contributed by atoms with Gasteiger partial charge in [-0.2, -0.15) is 5.10 Å². The van der Waals surface area contributed by atoms with Crippen molar-refractivity contribution in [3.8, 4) is 5.69 Å². The molecule has 3 rings (SSSR count). The second kappa shape index (κ2) is 3.71. The van der Waals surface area contributed by atoms with Crippen LogP contribution in [-0.2, 0) is 4.79 Å². The van der Waals surface area contributed by atoms with Gasteiger partial charge in [0.1, 0.15) is 6.04 Å². The molecule has 1 aliphatic rings. The molecule has 0 saturated carbocycles. The monoisotopic (exact) mass is 228 g/mol. The molecule has 5 nitrogen and oxygen atoms in total. The number of aromatic nitrogens is 2. The fourth-order valence-corrected chi connectivity index (χ4v) is 2.10. The maximum Gasteiger partial charge on any atom is 0.246 e. The van der Waals surface area contributed by atoms with E-state index in [2.05, 4.69) is 15.7 Å². The lowest BCUT2D eigenvalue weighted by atomic mass is 10.1. The van der Waals surface area contributed by atoms with Crippen molar-refractivity contribution >= 4 is 11.6 Å². The number of likely N-dealkylation sites (N-methyl/N-ethyl adjacent to an activating group) is 1. The van der Waals surface area contributed by atoms with Crippen LogP contribution in [0.4, 0.5) is 5.69 Å². The van der Waals surface area contributed by atoms with Crippen molar-refractivity contribution in [2.45, 2.75) is 6.04 Å². The van der Waals surface area contributed by atoms with Crippen LogP contribution in [0.5, 0.6) is 0 Å². The maximum absolute atomic E-state index is 11.7. The van der Waals surface area contributed by atoms with Gasteiger partial charge in [-0.05, 0) is 25.2 Å². The summed E-state index contributed by atoms with van der Waals surface area (Å²) >= 11 is 0. The normalized spacial score (nSPS) is 17.9. The van der Waals surface area contributed by atoms with E-state index in [0.717, 1.165) is 16.9 Å². The lowest BCUT2D eigenvalue weighted by Gasteiger charge is -2.07. The molecule has 0 aliphatic carbocycles. The van der Waals surface area contributed by atoms with Crippen LogP contribution in [0.3, 0.4) is 0 Å². The largest absolute Gasteiger partial charge is 0.324 e. The lowest BCUT2D eigenvalue weighted by molar-refractivity contribution is -0.117. The van der Waals surface area contributed by atoms with Crippen LogP contribution in [0.25, 0.3) is 5.69 Å². The molecule has 2 aromatic rings. The van der Waals surface area contributed by atoms with E-state index >= 15 is 0 Å². The number of nitrogens with one attached hydrogen (secondary N) is 2. The molecule has 0 radical (unpaired) electrons. The van der Waals surface area contributed by atoms with Gasteiger partial charge < -0.3 is 10.6 Å². The number of carbonyl (C=O) groups excluding carboxylic acids is 1. The standard InChI is InChI=1S/C12H12N4O/c1-13-11-9-4-3-8(16-6-2-5-14-16)7-10(9)15-12(11)17/h2-7,11,13H,1H3,(H,15,17). The van der Waals surface area contributed by atoms with Crippen molar-refractivity contribution in [3.05, 3.63) is 42.2 Å². The van der Waals surface area contributed by atoms with Gasteiger partial charge in [0.05, 0.1) is 5.69 Å². The molecular weight excluding hydrogens is 216 g/mol. The molecular formula is C12H12N4O. The Kier molecular flexibility index (Phi) is 2.19. The van der Waals surface area contributed by atoms with Crippen LogP contribution >= 0.6 is 0 Å². The third-order valence-electron chi connectivity index (χ3n) is 2.93. The van der Waals surface area contributed by atoms with Gasteiger partial charge in [-0.1, -0.05) is 6.07 Å². The Bertz CT molecular complexity index is 562. The molecule has 17 heavy (non-hydrogen) atoms. The Morgan fingerprint density at radius 3 is 3.06 bits per heavy atom. The molecule has 1 atom stereocenters. The first-order valence-corrected chi connectivity index (χ1v) is 5.41. The number of benzene rings is 1. The molecule has 2 heterocycles. The van der Waals surface area contributed by atoms with E-state index in [0.29, 0.717) is 0 Å². The molecule has 0 bridgehead atoms. The van der Waals surface area contributed by atoms with E-state index in [4.69, 9.17) is 0 Å². The molecule has 0 fully saturated rings. The SMILES string of the molecule is CNC1C(=O)Nc2cc(-n3cccn3)ccc21. The van der Waals surface area contributed by atoms with Crippen molar-refractivity contribution < 1.29 is 4.79 Å². The number of rotatable bonds is 2. The van der Waals surface area contributed by atoms with Crippen molar-refractivity contribution in [3.63, 3.8) is 0 Å². The summed E-state index contributed by atoms with van der Waals surface area (Å²) in [6.45, 7) is 0. The van der Waals surface area contributed by atoms with E-state index in [1.165, 1.54) is 0 Å². The summed E-state index contributed by atoms with van der Waals surface area (Å²) in [7, 11) is 1.78. The van der Waals surface area contributed by atoms with E-state index < -0.39 is 0 Å². The third-order valence-corrected chi connectivity index (χ3v) is 2.93. The van der Waals surface area contributed by atoms with Gasteiger partial charge in [0.15, 0.2) is 0 Å². The molecule has 86 valence electrons. The quantitative estimate of drug-likeness (QED) is 0.808. The summed E-state index contributed by atoms with van der Waals surface area (Å²) < 4.78 is 1.76. The summed E-state index contributed by atoms with van der Waals surface area (Å²) in [4.78, 5) is 11.7. The van der Waals surface area contributed by atoms with Crippen LogP contribution in [0, 0.1) is 0 Å². The number of fused-ring (bicyclic) bond motifs is 1. The highest BCUT2D eigenvalue weighted by Crippen LogP contribution is 2.31. The second-order valence-corrected chi connectivity index (χ2v) is 3.93. The lowest BCUT2D eigenvalue weighted by Crippen LogP contribution is -2.23. The number of anilines is 1. The van der Waals surface area contributed by atoms with Crippen molar-refractivity contribution in [2.75, 3.05) is 12.4 Å². The molecule has 0 saturated heterocycles. The number of nitrogens with zero attached hydrogens (tertiary/aromatic N) is 2. The first kappa shape index (κ1) is 10.0. The molecule has 1 aromatic carbocycles. The zero-order valence-corrected chi connectivity index (χ0v) is 9.34. The average molecular weight is 228 g/mol. The van der Waals surface area contributed by atoms with Crippen molar-refractivity contribution in [2.24, 2.45) is 0 Å². The van der Waals surface area contributed by atoms with Gasteiger partial charge in [0.25, 0.3) is 0 Å². The second-order valence-electron chi connectivity index (χ2n) is 3.93. The summed E-state index contributed by atoms with van der Waals surface area (Å²) in [6.07, 6.45) is 3.59. The molecule has 0 spiro atoms. The van der Waals surface area contributed by atoms with Crippen LogP contribution in [-0.4, -0.2) is 22.7 Å². The van der Waals surface area contributed by atoms with Crippen LogP contribution in [0.15, 0.2) is 36.7 Å². The van der Waals surface area contributed by atoms with Gasteiger partial charge in [-0.3, -0.25) is 4.79 Å². The molecule has 2 N–H and O–H groups in total. The van der Waals surface area contributed by atoms with Crippen molar-refractivity contribution in [1.82, 2.24) is 15.1 Å². The predicted molar refractivity (Wildman–Crippen MR) is 64.0 cm³/mol. The first-order chi connectivity index (χ1) is 8.29. The fraction of sp³-hybridized carbons (Fsp3) is 0.167. The number of hydrogen-bond donors (Lipinski definition) is 2. The summed E-state index contributed by atoms with van der Waals surface area (Å²) in [5.41, 5.74) is 2.77. The summed E-state index contributed by atoms with van der Waals surface area (Å²) in [5.74, 6) is -0.0138. The van der Waals surface area contributed by atoms with Crippen molar-refractivity contribution in [1.29, 1.82) is 0 Å². The minimum atomic E-state index is -0.253. The Labute approximate surface area is 98.4 Å². The van der Waals surface area contributed by atoms with Crippen LogP contribution in [0.1, 0.15) is 11.6 Å². The zero-order chi connectivity index (χ0) is 11.8. The minimum absolute atomic E-state index is 0.0138. The highest BCUT2D eigenvalue weighted by atomic mass is 16.2. The Morgan fingerprint density at radius 1 is 1.47 bits per heavy atom.